The number of azide groups is 1. The number of aliphatic imine (C=N–C) groups is 1. The maximum atomic E-state index is 12.5. The van der Waals surface area contributed by atoms with Crippen molar-refractivity contribution in [2.24, 2.45) is 10.1 Å². The molecule has 0 saturated heterocycles. The molecule has 3 rings (SSSR count). The molecule has 1 heterocycles. The van der Waals surface area contributed by atoms with Crippen molar-refractivity contribution in [3.8, 4) is 11.5 Å². The van der Waals surface area contributed by atoms with E-state index in [1.165, 1.54) is 6.07 Å². The summed E-state index contributed by atoms with van der Waals surface area (Å²) < 4.78 is 10.7. The first-order valence-corrected chi connectivity index (χ1v) is 11.5. The standard InChI is InChI=1S/C24H24N4O5S/c1-2-32-24(31)21-22(30)20(34-23(21)27-17-8-4-3-5-9-17)15-16-10-11-19(18(29)14-16)33-13-7-6-12-26-28-25/h3-5,8-11,14-15,29-30H,2,6-7,12-13H2,1H3/b20-15-,27-23?. The van der Waals surface area contributed by atoms with Crippen LogP contribution in [0.15, 0.2) is 74.9 Å². The van der Waals surface area contributed by atoms with Crippen molar-refractivity contribution in [2.45, 2.75) is 19.8 Å². The summed E-state index contributed by atoms with van der Waals surface area (Å²) in [5.41, 5.74) is 9.52. The Morgan fingerprint density at radius 1 is 1.18 bits per heavy atom. The maximum Gasteiger partial charge on any atom is 0.344 e. The second-order valence-electron chi connectivity index (χ2n) is 7.04. The number of aliphatic hydroxyl groups is 1. The Morgan fingerprint density at radius 2 is 1.97 bits per heavy atom. The van der Waals surface area contributed by atoms with Gasteiger partial charge in [0.1, 0.15) is 16.4 Å². The highest BCUT2D eigenvalue weighted by Crippen LogP contribution is 2.40. The number of phenols is 1. The molecule has 0 fully saturated rings. The third kappa shape index (κ3) is 6.57. The summed E-state index contributed by atoms with van der Waals surface area (Å²) in [6.45, 7) is 2.63. The predicted molar refractivity (Wildman–Crippen MR) is 132 cm³/mol. The number of ether oxygens (including phenoxy) is 2. The van der Waals surface area contributed by atoms with Gasteiger partial charge in [0, 0.05) is 11.5 Å². The molecule has 34 heavy (non-hydrogen) atoms. The number of aromatic hydroxyl groups is 1. The zero-order chi connectivity index (χ0) is 24.3. The molecule has 0 saturated carbocycles. The van der Waals surface area contributed by atoms with E-state index in [0.29, 0.717) is 52.9 Å². The van der Waals surface area contributed by atoms with Gasteiger partial charge in [-0.25, -0.2) is 9.79 Å². The summed E-state index contributed by atoms with van der Waals surface area (Å²) in [5.74, 6) is -0.612. The lowest BCUT2D eigenvalue weighted by Gasteiger charge is -2.08. The topological polar surface area (TPSA) is 137 Å². The minimum Gasteiger partial charge on any atom is -0.506 e. The van der Waals surface area contributed by atoms with Gasteiger partial charge in [-0.15, -0.1) is 0 Å². The highest BCUT2D eigenvalue weighted by Gasteiger charge is 2.33. The molecule has 0 atom stereocenters. The third-order valence-electron chi connectivity index (χ3n) is 4.61. The van der Waals surface area contributed by atoms with Crippen molar-refractivity contribution >= 4 is 34.5 Å². The van der Waals surface area contributed by atoms with Crippen molar-refractivity contribution in [3.05, 3.63) is 80.8 Å². The molecule has 0 aliphatic carbocycles. The second kappa shape index (κ2) is 12.4. The van der Waals surface area contributed by atoms with Gasteiger partial charge in [-0.3, -0.25) is 0 Å². The molecule has 1 aliphatic rings. The Kier molecular flexibility index (Phi) is 9.02. The summed E-state index contributed by atoms with van der Waals surface area (Å²) in [6.07, 6.45) is 3.02. The number of phenolic OH excluding ortho intramolecular Hbond substituents is 1. The van der Waals surface area contributed by atoms with Gasteiger partial charge >= 0.3 is 5.97 Å². The van der Waals surface area contributed by atoms with Crippen LogP contribution in [0, 0.1) is 0 Å². The Hall–Kier alpha value is -3.88. The summed E-state index contributed by atoms with van der Waals surface area (Å²) >= 11 is 1.14. The van der Waals surface area contributed by atoms with Crippen LogP contribution in [0.5, 0.6) is 11.5 Å². The number of hydrogen-bond donors (Lipinski definition) is 2. The maximum absolute atomic E-state index is 12.5. The number of para-hydroxylation sites is 1. The normalized spacial score (nSPS) is 15.4. The number of carbonyl (C=O) groups is 1. The quantitative estimate of drug-likeness (QED) is 0.139. The fraction of sp³-hybridized carbons (Fsp3) is 0.250. The molecule has 2 aromatic rings. The molecule has 176 valence electrons. The van der Waals surface area contributed by atoms with Crippen LogP contribution in [-0.4, -0.2) is 41.0 Å². The van der Waals surface area contributed by atoms with Crippen LogP contribution < -0.4 is 4.74 Å². The number of thioether (sulfide) groups is 1. The number of unbranched alkanes of at least 4 members (excludes halogenated alkanes) is 1. The molecule has 2 aromatic carbocycles. The molecule has 10 heteroatoms. The molecule has 0 amide bonds. The highest BCUT2D eigenvalue weighted by molar-refractivity contribution is 8.18. The number of hydrogen-bond acceptors (Lipinski definition) is 8. The van der Waals surface area contributed by atoms with E-state index in [1.807, 2.05) is 18.2 Å². The van der Waals surface area contributed by atoms with E-state index in [9.17, 15) is 15.0 Å². The molecule has 0 bridgehead atoms. The number of esters is 1. The van der Waals surface area contributed by atoms with Crippen LogP contribution in [0.3, 0.4) is 0 Å². The minimum atomic E-state index is -0.655. The number of nitrogens with zero attached hydrogens (tertiary/aromatic N) is 4. The minimum absolute atomic E-state index is 0.00635. The predicted octanol–water partition coefficient (Wildman–Crippen LogP) is 6.05. The summed E-state index contributed by atoms with van der Waals surface area (Å²) in [7, 11) is 0. The molecule has 0 radical (unpaired) electrons. The molecule has 1 aliphatic heterocycles. The van der Waals surface area contributed by atoms with Gasteiger partial charge in [-0.05, 0) is 61.2 Å². The fourth-order valence-corrected chi connectivity index (χ4v) is 4.06. The molecule has 0 unspecified atom stereocenters. The number of benzene rings is 2. The molecule has 2 N–H and O–H groups in total. The van der Waals surface area contributed by atoms with E-state index in [2.05, 4.69) is 15.0 Å². The number of rotatable bonds is 10. The van der Waals surface area contributed by atoms with Crippen molar-refractivity contribution in [3.63, 3.8) is 0 Å². The second-order valence-corrected chi connectivity index (χ2v) is 8.08. The van der Waals surface area contributed by atoms with Gasteiger partial charge in [0.2, 0.25) is 0 Å². The van der Waals surface area contributed by atoms with Crippen LogP contribution in [-0.2, 0) is 9.53 Å². The first-order chi connectivity index (χ1) is 16.5. The Labute approximate surface area is 201 Å². The van der Waals surface area contributed by atoms with E-state index in [-0.39, 0.29) is 23.7 Å². The van der Waals surface area contributed by atoms with Gasteiger partial charge in [0.05, 0.1) is 23.8 Å². The van der Waals surface area contributed by atoms with Crippen LogP contribution in [0.4, 0.5) is 5.69 Å². The van der Waals surface area contributed by atoms with Crippen LogP contribution >= 0.6 is 11.8 Å². The van der Waals surface area contributed by atoms with Gasteiger partial charge in [0.25, 0.3) is 0 Å². The van der Waals surface area contributed by atoms with Crippen LogP contribution in [0.25, 0.3) is 16.5 Å². The summed E-state index contributed by atoms with van der Waals surface area (Å²) in [5, 5.41) is 24.9. The first kappa shape index (κ1) is 24.8. The van der Waals surface area contributed by atoms with E-state index >= 15 is 0 Å². The number of aliphatic hydroxyl groups excluding tert-OH is 1. The van der Waals surface area contributed by atoms with Crippen molar-refractivity contribution in [1.82, 2.24) is 0 Å². The first-order valence-electron chi connectivity index (χ1n) is 10.6. The zero-order valence-electron chi connectivity index (χ0n) is 18.5. The Balaban J connectivity index is 1.80. The van der Waals surface area contributed by atoms with Gasteiger partial charge in [0.15, 0.2) is 11.5 Å². The molecule has 9 nitrogen and oxygen atoms in total. The average molecular weight is 481 g/mol. The van der Waals surface area contributed by atoms with Crippen LogP contribution in [0.2, 0.25) is 0 Å². The lowest BCUT2D eigenvalue weighted by Crippen LogP contribution is -2.12. The highest BCUT2D eigenvalue weighted by atomic mass is 32.2. The number of carbonyl (C=O) groups excluding carboxylic acids is 1. The lowest BCUT2D eigenvalue weighted by atomic mass is 10.1. The average Bonchev–Trinajstić information content (AvgIpc) is 3.12. The van der Waals surface area contributed by atoms with Gasteiger partial charge in [-0.2, -0.15) is 0 Å². The SMILES string of the molecule is CCOC(=O)C1=C(O)/C(=C/c2ccc(OCCCCN=[N+]=[N-])c(O)c2)SC1=Nc1ccccc1. The molecule has 0 aromatic heterocycles. The monoisotopic (exact) mass is 480 g/mol. The Morgan fingerprint density at radius 3 is 2.68 bits per heavy atom. The van der Waals surface area contributed by atoms with E-state index in [0.717, 1.165) is 11.8 Å². The summed E-state index contributed by atoms with van der Waals surface area (Å²) in [6, 6.07) is 14.0. The zero-order valence-corrected chi connectivity index (χ0v) is 19.4. The fourth-order valence-electron chi connectivity index (χ4n) is 3.02. The third-order valence-corrected chi connectivity index (χ3v) is 5.63. The molecule has 0 spiro atoms. The van der Waals surface area contributed by atoms with Crippen LogP contribution in [0.1, 0.15) is 25.3 Å². The largest absolute Gasteiger partial charge is 0.506 e. The van der Waals surface area contributed by atoms with E-state index in [1.54, 1.807) is 37.3 Å². The lowest BCUT2D eigenvalue weighted by molar-refractivity contribution is -0.138. The van der Waals surface area contributed by atoms with E-state index in [4.69, 9.17) is 15.0 Å². The Bertz CT molecular complexity index is 1170. The van der Waals surface area contributed by atoms with E-state index < -0.39 is 5.97 Å². The molecular formula is C24H24N4O5S. The van der Waals surface area contributed by atoms with Crippen molar-refractivity contribution in [2.75, 3.05) is 19.8 Å². The van der Waals surface area contributed by atoms with Crippen molar-refractivity contribution < 1.29 is 24.5 Å². The van der Waals surface area contributed by atoms with Gasteiger partial charge < -0.3 is 19.7 Å². The van der Waals surface area contributed by atoms with Gasteiger partial charge in [-0.1, -0.05) is 41.1 Å². The van der Waals surface area contributed by atoms with Crippen molar-refractivity contribution in [1.29, 1.82) is 0 Å². The smallest absolute Gasteiger partial charge is 0.344 e. The summed E-state index contributed by atoms with van der Waals surface area (Å²) in [4.78, 5) is 20.1. The molecular weight excluding hydrogens is 456 g/mol.